The molecule has 0 amide bonds. The number of hydrogen-bond donors (Lipinski definition) is 1. The molecule has 2 aromatic carbocycles. The molecule has 0 spiro atoms. The summed E-state index contributed by atoms with van der Waals surface area (Å²) in [6.45, 7) is 4.76. The number of benzene rings is 2. The molecule has 2 heterocycles. The number of rotatable bonds is 5. The monoisotopic (exact) mass is 424 g/mol. The molecular formula is C22H21ClN4O3. The highest BCUT2D eigenvalue weighted by Crippen LogP contribution is 2.32. The quantitative estimate of drug-likeness (QED) is 0.531. The van der Waals surface area contributed by atoms with E-state index in [1.54, 1.807) is 19.2 Å². The molecule has 4 aromatic rings. The lowest BCUT2D eigenvalue weighted by atomic mass is 10.1. The summed E-state index contributed by atoms with van der Waals surface area (Å²) < 4.78 is 8.98. The van der Waals surface area contributed by atoms with E-state index in [-0.39, 0.29) is 0 Å². The number of hydrogen-bond acceptors (Lipinski definition) is 4. The first-order valence-electron chi connectivity index (χ1n) is 9.57. The van der Waals surface area contributed by atoms with Crippen LogP contribution in [-0.2, 0) is 13.6 Å². The molecule has 8 heteroatoms. The third-order valence-corrected chi connectivity index (χ3v) is 5.19. The van der Waals surface area contributed by atoms with Crippen LogP contribution in [0.2, 0.25) is 5.02 Å². The average molecular weight is 425 g/mol. The Morgan fingerprint density at radius 1 is 1.13 bits per heavy atom. The number of imidazole rings is 1. The average Bonchev–Trinajstić information content (AvgIpc) is 3.09. The normalized spacial score (nSPS) is 11.2. The summed E-state index contributed by atoms with van der Waals surface area (Å²) in [6.07, 6.45) is 0. The zero-order valence-electron chi connectivity index (χ0n) is 16.9. The van der Waals surface area contributed by atoms with Gasteiger partial charge in [0, 0.05) is 18.6 Å². The van der Waals surface area contributed by atoms with Gasteiger partial charge in [-0.2, -0.15) is 0 Å². The minimum atomic E-state index is -0.510. The topological polar surface area (TPSA) is 81.9 Å². The van der Waals surface area contributed by atoms with Gasteiger partial charge in [-0.1, -0.05) is 35.4 Å². The van der Waals surface area contributed by atoms with E-state index in [9.17, 15) is 9.59 Å². The lowest BCUT2D eigenvalue weighted by Crippen LogP contribution is -2.29. The molecule has 0 atom stereocenters. The maximum atomic E-state index is 12.8. The van der Waals surface area contributed by atoms with Crippen LogP contribution >= 0.6 is 11.6 Å². The summed E-state index contributed by atoms with van der Waals surface area (Å²) in [4.78, 5) is 32.0. The number of nitrogens with zero attached hydrogens (tertiary/aromatic N) is 3. The van der Waals surface area contributed by atoms with E-state index < -0.39 is 11.2 Å². The van der Waals surface area contributed by atoms with Crippen molar-refractivity contribution in [2.45, 2.75) is 20.4 Å². The fraction of sp³-hybridized carbons (Fsp3) is 0.227. The van der Waals surface area contributed by atoms with Gasteiger partial charge in [-0.25, -0.2) is 9.78 Å². The highest BCUT2D eigenvalue weighted by atomic mass is 35.5. The zero-order valence-corrected chi connectivity index (χ0v) is 17.7. The van der Waals surface area contributed by atoms with Gasteiger partial charge < -0.3 is 9.30 Å². The van der Waals surface area contributed by atoms with Gasteiger partial charge in [0.15, 0.2) is 11.2 Å². The smallest absolute Gasteiger partial charge is 0.329 e. The van der Waals surface area contributed by atoms with Gasteiger partial charge in [0.1, 0.15) is 11.6 Å². The zero-order chi connectivity index (χ0) is 21.4. The van der Waals surface area contributed by atoms with E-state index in [4.69, 9.17) is 21.3 Å². The largest absolute Gasteiger partial charge is 0.493 e. The molecule has 0 aliphatic heterocycles. The summed E-state index contributed by atoms with van der Waals surface area (Å²) in [6, 6.07) is 13.2. The van der Waals surface area contributed by atoms with E-state index in [0.29, 0.717) is 40.9 Å². The summed E-state index contributed by atoms with van der Waals surface area (Å²) >= 11 is 6.02. The first-order valence-corrected chi connectivity index (χ1v) is 9.94. The van der Waals surface area contributed by atoms with Crippen molar-refractivity contribution >= 4 is 22.8 Å². The SMILES string of the molecule is CCOc1ccc(C)cc1-c1nc2c(c(=O)[nH]c(=O)n2C)n1Cc1ccc(Cl)cc1. The van der Waals surface area contributed by atoms with Crippen molar-refractivity contribution in [1.29, 1.82) is 0 Å². The lowest BCUT2D eigenvalue weighted by Gasteiger charge is -2.13. The van der Waals surface area contributed by atoms with Crippen LogP contribution in [0.4, 0.5) is 0 Å². The summed E-state index contributed by atoms with van der Waals surface area (Å²) in [5, 5.41) is 0.632. The first-order chi connectivity index (χ1) is 14.4. The molecule has 4 rings (SSSR count). The van der Waals surface area contributed by atoms with Gasteiger partial charge in [0.25, 0.3) is 5.56 Å². The van der Waals surface area contributed by atoms with Crippen molar-refractivity contribution in [3.63, 3.8) is 0 Å². The summed E-state index contributed by atoms with van der Waals surface area (Å²) in [7, 11) is 1.59. The van der Waals surface area contributed by atoms with Crippen LogP contribution in [-0.4, -0.2) is 25.7 Å². The van der Waals surface area contributed by atoms with Crippen LogP contribution in [0.25, 0.3) is 22.6 Å². The fourth-order valence-corrected chi connectivity index (χ4v) is 3.59. The van der Waals surface area contributed by atoms with Crippen molar-refractivity contribution in [2.24, 2.45) is 7.05 Å². The molecule has 0 aliphatic rings. The molecule has 0 aliphatic carbocycles. The van der Waals surface area contributed by atoms with Gasteiger partial charge in [-0.15, -0.1) is 0 Å². The van der Waals surface area contributed by atoms with Crippen molar-refractivity contribution < 1.29 is 4.74 Å². The Kier molecular flexibility index (Phi) is 5.22. The molecule has 0 unspecified atom stereocenters. The number of aryl methyl sites for hydroxylation is 2. The molecule has 2 aromatic heterocycles. The van der Waals surface area contributed by atoms with Crippen molar-refractivity contribution in [3.8, 4) is 17.1 Å². The summed E-state index contributed by atoms with van der Waals surface area (Å²) in [5.74, 6) is 1.22. The number of halogens is 1. The van der Waals surface area contributed by atoms with Crippen molar-refractivity contribution in [3.05, 3.63) is 79.5 Å². The first kappa shape index (κ1) is 20.0. The van der Waals surface area contributed by atoms with Crippen LogP contribution in [0.1, 0.15) is 18.1 Å². The Hall–Kier alpha value is -3.32. The van der Waals surface area contributed by atoms with Gasteiger partial charge >= 0.3 is 5.69 Å². The van der Waals surface area contributed by atoms with Gasteiger partial charge in [0.2, 0.25) is 0 Å². The molecule has 7 nitrogen and oxygen atoms in total. The third kappa shape index (κ3) is 3.52. The molecule has 0 fully saturated rings. The minimum absolute atomic E-state index is 0.316. The van der Waals surface area contributed by atoms with E-state index in [1.807, 2.05) is 48.7 Å². The van der Waals surface area contributed by atoms with Crippen molar-refractivity contribution in [2.75, 3.05) is 6.61 Å². The standard InChI is InChI=1S/C22H21ClN4O3/c1-4-30-17-10-5-13(2)11-16(17)19-24-20-18(21(28)25-22(29)26(20)3)27(19)12-14-6-8-15(23)9-7-14/h5-11H,4,12H2,1-3H3,(H,25,28,29). The van der Waals surface area contributed by atoms with Gasteiger partial charge in [-0.3, -0.25) is 14.3 Å². The number of nitrogens with one attached hydrogen (secondary N) is 1. The van der Waals surface area contributed by atoms with Crippen LogP contribution in [0.3, 0.4) is 0 Å². The maximum Gasteiger partial charge on any atom is 0.329 e. The van der Waals surface area contributed by atoms with Crippen molar-refractivity contribution in [1.82, 2.24) is 19.1 Å². The predicted molar refractivity (Wildman–Crippen MR) is 117 cm³/mol. The van der Waals surface area contributed by atoms with Gasteiger partial charge in [0.05, 0.1) is 12.2 Å². The molecule has 0 saturated heterocycles. The number of aromatic nitrogens is 4. The molecule has 1 N–H and O–H groups in total. The van der Waals surface area contributed by atoms with Gasteiger partial charge in [-0.05, 0) is 43.7 Å². The molecule has 154 valence electrons. The number of H-pyrrole nitrogens is 1. The maximum absolute atomic E-state index is 12.8. The Labute approximate surface area is 177 Å². The predicted octanol–water partition coefficient (Wildman–Crippen LogP) is 3.50. The number of ether oxygens (including phenoxy) is 1. The molecule has 0 saturated carbocycles. The number of aromatic amines is 1. The second-order valence-corrected chi connectivity index (χ2v) is 7.51. The molecule has 30 heavy (non-hydrogen) atoms. The van der Waals surface area contributed by atoms with Crippen LogP contribution in [0.15, 0.2) is 52.1 Å². The second kappa shape index (κ2) is 7.84. The van der Waals surface area contributed by atoms with Crippen LogP contribution < -0.4 is 16.0 Å². The van der Waals surface area contributed by atoms with Crippen LogP contribution in [0.5, 0.6) is 5.75 Å². The van der Waals surface area contributed by atoms with Crippen LogP contribution in [0, 0.1) is 6.92 Å². The third-order valence-electron chi connectivity index (χ3n) is 4.94. The Bertz CT molecular complexity index is 1350. The summed E-state index contributed by atoms with van der Waals surface area (Å²) in [5.41, 5.74) is 2.38. The minimum Gasteiger partial charge on any atom is -0.493 e. The Morgan fingerprint density at radius 2 is 1.87 bits per heavy atom. The molecule has 0 bridgehead atoms. The highest BCUT2D eigenvalue weighted by molar-refractivity contribution is 6.30. The van der Waals surface area contributed by atoms with E-state index in [0.717, 1.165) is 16.7 Å². The Morgan fingerprint density at radius 3 is 2.57 bits per heavy atom. The fourth-order valence-electron chi connectivity index (χ4n) is 3.47. The molecule has 0 radical (unpaired) electrons. The van der Waals surface area contributed by atoms with E-state index in [2.05, 4.69) is 4.98 Å². The second-order valence-electron chi connectivity index (χ2n) is 7.07. The Balaban J connectivity index is 2.04. The number of fused-ring (bicyclic) bond motifs is 1. The lowest BCUT2D eigenvalue weighted by molar-refractivity contribution is 0.341. The van der Waals surface area contributed by atoms with E-state index >= 15 is 0 Å². The highest BCUT2D eigenvalue weighted by Gasteiger charge is 2.21. The van der Waals surface area contributed by atoms with E-state index in [1.165, 1.54) is 4.57 Å². The molecular weight excluding hydrogens is 404 g/mol.